The van der Waals surface area contributed by atoms with Crippen LogP contribution in [0.25, 0.3) is 0 Å². The first kappa shape index (κ1) is 15.5. The maximum absolute atomic E-state index is 10.9. The molecule has 106 valence electrons. The van der Waals surface area contributed by atoms with Crippen LogP contribution in [0.2, 0.25) is 0 Å². The molecule has 0 atom stereocenters. The van der Waals surface area contributed by atoms with E-state index in [2.05, 4.69) is 17.2 Å². The Morgan fingerprint density at radius 3 is 2.45 bits per heavy atom. The molecule has 2 amide bonds. The van der Waals surface area contributed by atoms with Crippen molar-refractivity contribution in [3.8, 4) is 0 Å². The highest BCUT2D eigenvalue weighted by Crippen LogP contribution is 2.20. The second kappa shape index (κ2) is 7.13. The van der Waals surface area contributed by atoms with Crippen molar-refractivity contribution in [2.24, 2.45) is 5.73 Å². The van der Waals surface area contributed by atoms with Crippen molar-refractivity contribution in [1.29, 1.82) is 0 Å². The number of nitrogens with one attached hydrogen (secondary N) is 2. The van der Waals surface area contributed by atoms with Gasteiger partial charge in [0.25, 0.3) is 0 Å². The summed E-state index contributed by atoms with van der Waals surface area (Å²) in [5.41, 5.74) is 8.77. The molecule has 1 aromatic carbocycles. The van der Waals surface area contributed by atoms with Crippen molar-refractivity contribution >= 4 is 17.5 Å². The molecule has 0 aromatic heterocycles. The Kier molecular flexibility index (Phi) is 5.53. The molecule has 0 saturated carbocycles. The van der Waals surface area contributed by atoms with Crippen LogP contribution in [-0.2, 0) is 9.59 Å². The number of carbonyl (C=O) groups excluding carboxylic acids is 2. The number of rotatable bonds is 5. The normalized spacial score (nSPS) is 10.3. The van der Waals surface area contributed by atoms with Gasteiger partial charge in [-0.3, -0.25) is 9.59 Å². The third-order valence-electron chi connectivity index (χ3n) is 2.69. The quantitative estimate of drug-likeness (QED) is 0.560. The van der Waals surface area contributed by atoms with Gasteiger partial charge in [-0.05, 0) is 31.1 Å². The predicted octanol–water partition coefficient (Wildman–Crippen LogP) is 1.39. The zero-order valence-electron chi connectivity index (χ0n) is 11.7. The van der Waals surface area contributed by atoms with Crippen LogP contribution in [0.3, 0.4) is 0 Å². The molecular weight excluding hydrogens is 254 g/mol. The second-order valence-electron chi connectivity index (χ2n) is 4.39. The van der Waals surface area contributed by atoms with E-state index in [9.17, 15) is 9.59 Å². The van der Waals surface area contributed by atoms with Crippen LogP contribution in [0.5, 0.6) is 0 Å². The van der Waals surface area contributed by atoms with Crippen molar-refractivity contribution in [1.82, 2.24) is 5.32 Å². The number of benzene rings is 1. The van der Waals surface area contributed by atoms with Crippen LogP contribution in [0, 0.1) is 13.8 Å². The number of para-hydroxylation sites is 1. The summed E-state index contributed by atoms with van der Waals surface area (Å²) in [7, 11) is 0. The molecule has 20 heavy (non-hydrogen) atoms. The molecule has 1 rings (SSSR count). The van der Waals surface area contributed by atoms with Gasteiger partial charge in [-0.15, -0.1) is 0 Å². The van der Waals surface area contributed by atoms with Crippen molar-refractivity contribution in [2.45, 2.75) is 13.8 Å². The summed E-state index contributed by atoms with van der Waals surface area (Å²) < 4.78 is 0. The summed E-state index contributed by atoms with van der Waals surface area (Å²) >= 11 is 0. The summed E-state index contributed by atoms with van der Waals surface area (Å²) in [5.74, 6) is -1.80. The maximum atomic E-state index is 10.9. The van der Waals surface area contributed by atoms with E-state index in [4.69, 9.17) is 5.73 Å². The summed E-state index contributed by atoms with van der Waals surface area (Å²) in [6.07, 6.45) is 3.41. The van der Waals surface area contributed by atoms with Crippen molar-refractivity contribution in [2.75, 3.05) is 11.9 Å². The first-order chi connectivity index (χ1) is 9.41. The maximum Gasteiger partial charge on any atom is 0.309 e. The zero-order chi connectivity index (χ0) is 15.1. The summed E-state index contributed by atoms with van der Waals surface area (Å²) in [4.78, 5) is 21.4. The number of hydrogen-bond acceptors (Lipinski definition) is 3. The first-order valence-corrected chi connectivity index (χ1v) is 6.18. The van der Waals surface area contributed by atoms with E-state index < -0.39 is 11.8 Å². The topological polar surface area (TPSA) is 84.2 Å². The van der Waals surface area contributed by atoms with Gasteiger partial charge in [-0.2, -0.15) is 0 Å². The number of nitrogens with two attached hydrogens (primary N) is 1. The number of carbonyl (C=O) groups is 2. The van der Waals surface area contributed by atoms with Crippen molar-refractivity contribution < 1.29 is 9.59 Å². The van der Waals surface area contributed by atoms with E-state index in [1.807, 2.05) is 32.0 Å². The van der Waals surface area contributed by atoms with E-state index in [1.165, 1.54) is 0 Å². The smallest absolute Gasteiger partial charge is 0.309 e. The lowest BCUT2D eigenvalue weighted by atomic mass is 10.1. The Hall–Kier alpha value is -2.56. The lowest BCUT2D eigenvalue weighted by molar-refractivity contribution is -0.137. The molecule has 5 nitrogen and oxygen atoms in total. The highest BCUT2D eigenvalue weighted by atomic mass is 16.2. The summed E-state index contributed by atoms with van der Waals surface area (Å²) in [6, 6.07) is 6.02. The third-order valence-corrected chi connectivity index (χ3v) is 2.69. The molecule has 0 bridgehead atoms. The van der Waals surface area contributed by atoms with E-state index >= 15 is 0 Å². The highest BCUT2D eigenvalue weighted by Gasteiger charge is 2.05. The lowest BCUT2D eigenvalue weighted by Crippen LogP contribution is -2.35. The van der Waals surface area contributed by atoms with Crippen LogP contribution < -0.4 is 16.4 Å². The number of allylic oxidation sites excluding steroid dienone is 1. The van der Waals surface area contributed by atoms with E-state index in [0.29, 0.717) is 5.70 Å². The summed E-state index contributed by atoms with van der Waals surface area (Å²) in [6.45, 7) is 8.13. The minimum Gasteiger partial charge on any atom is -0.361 e. The number of hydrogen-bond donors (Lipinski definition) is 3. The fourth-order valence-electron chi connectivity index (χ4n) is 1.65. The SMILES string of the molecule is C=C(/C=C/CNC(=O)C(N)=O)Nc1c(C)cccc1C. The Labute approximate surface area is 118 Å². The fourth-order valence-corrected chi connectivity index (χ4v) is 1.65. The number of amides is 2. The van der Waals surface area contributed by atoms with E-state index in [-0.39, 0.29) is 6.54 Å². The molecule has 0 saturated heterocycles. The molecule has 0 aliphatic heterocycles. The first-order valence-electron chi connectivity index (χ1n) is 6.18. The van der Waals surface area contributed by atoms with Gasteiger partial charge in [0.2, 0.25) is 0 Å². The zero-order valence-corrected chi connectivity index (χ0v) is 11.7. The van der Waals surface area contributed by atoms with Gasteiger partial charge in [-0.25, -0.2) is 0 Å². The Morgan fingerprint density at radius 2 is 1.90 bits per heavy atom. The van der Waals surface area contributed by atoms with Crippen LogP contribution in [0.4, 0.5) is 5.69 Å². The average Bonchev–Trinajstić information content (AvgIpc) is 2.38. The van der Waals surface area contributed by atoms with Crippen LogP contribution in [0.15, 0.2) is 42.6 Å². The van der Waals surface area contributed by atoms with Gasteiger partial charge < -0.3 is 16.4 Å². The van der Waals surface area contributed by atoms with Crippen LogP contribution in [-0.4, -0.2) is 18.4 Å². The minimum atomic E-state index is -0.995. The molecule has 4 N–H and O–H groups in total. The molecule has 0 aliphatic carbocycles. The monoisotopic (exact) mass is 273 g/mol. The predicted molar refractivity (Wildman–Crippen MR) is 80.0 cm³/mol. The molecule has 0 spiro atoms. The largest absolute Gasteiger partial charge is 0.361 e. The lowest BCUT2D eigenvalue weighted by Gasteiger charge is -2.12. The van der Waals surface area contributed by atoms with Crippen LogP contribution >= 0.6 is 0 Å². The van der Waals surface area contributed by atoms with Crippen molar-refractivity contribution in [3.05, 3.63) is 53.8 Å². The fraction of sp³-hybridized carbons (Fsp3) is 0.200. The van der Waals surface area contributed by atoms with Gasteiger partial charge >= 0.3 is 11.8 Å². The molecule has 0 radical (unpaired) electrons. The minimum absolute atomic E-state index is 0.217. The number of aryl methyl sites for hydroxylation is 2. The van der Waals surface area contributed by atoms with Gasteiger partial charge in [0.1, 0.15) is 0 Å². The van der Waals surface area contributed by atoms with Crippen LogP contribution in [0.1, 0.15) is 11.1 Å². The van der Waals surface area contributed by atoms with Gasteiger partial charge in [0, 0.05) is 17.9 Å². The molecule has 0 fully saturated rings. The van der Waals surface area contributed by atoms with Gasteiger partial charge in [-0.1, -0.05) is 30.9 Å². The molecule has 5 heteroatoms. The molecule has 0 aliphatic rings. The molecular formula is C15H19N3O2. The average molecular weight is 273 g/mol. The Bertz CT molecular complexity index is 542. The third kappa shape index (κ3) is 4.61. The molecule has 1 aromatic rings. The second-order valence-corrected chi connectivity index (χ2v) is 4.39. The molecule has 0 heterocycles. The van der Waals surface area contributed by atoms with E-state index in [1.54, 1.807) is 12.2 Å². The molecule has 0 unspecified atom stereocenters. The Morgan fingerprint density at radius 1 is 1.30 bits per heavy atom. The number of anilines is 1. The highest BCUT2D eigenvalue weighted by molar-refractivity contribution is 6.34. The van der Waals surface area contributed by atoms with Gasteiger partial charge in [0.15, 0.2) is 0 Å². The van der Waals surface area contributed by atoms with Crippen molar-refractivity contribution in [3.63, 3.8) is 0 Å². The summed E-state index contributed by atoms with van der Waals surface area (Å²) in [5, 5.41) is 5.56. The number of primary amides is 1. The van der Waals surface area contributed by atoms with Gasteiger partial charge in [0.05, 0.1) is 0 Å². The Balaban J connectivity index is 2.52. The van der Waals surface area contributed by atoms with E-state index in [0.717, 1.165) is 16.8 Å². The standard InChI is InChI=1S/C15H19N3O2/c1-10-6-4-7-11(2)13(10)18-12(3)8-5-9-17-15(20)14(16)19/h4-8,18H,3,9H2,1-2H3,(H2,16,19)(H,17,20)/b8-5+.